The number of anilines is 1. The van der Waals surface area contributed by atoms with Gasteiger partial charge in [-0.15, -0.1) is 0 Å². The summed E-state index contributed by atoms with van der Waals surface area (Å²) >= 11 is 0. The molecule has 3 amide bonds. The van der Waals surface area contributed by atoms with E-state index in [1.807, 2.05) is 5.32 Å². The monoisotopic (exact) mass is 302 g/mol. The van der Waals surface area contributed by atoms with Crippen molar-refractivity contribution in [3.63, 3.8) is 0 Å². The van der Waals surface area contributed by atoms with E-state index in [9.17, 15) is 22.8 Å². The Morgan fingerprint density at radius 3 is 2.57 bits per heavy atom. The lowest BCUT2D eigenvalue weighted by atomic mass is 10.1. The summed E-state index contributed by atoms with van der Waals surface area (Å²) in [6, 6.07) is 2.32. The third kappa shape index (κ3) is 2.93. The molecule has 2 rings (SSSR count). The molecule has 0 radical (unpaired) electrons. The Labute approximate surface area is 118 Å². The number of amides is 3. The molecule has 1 aromatic rings. The van der Waals surface area contributed by atoms with E-state index >= 15 is 0 Å². The van der Waals surface area contributed by atoms with E-state index in [0.717, 1.165) is 0 Å². The van der Waals surface area contributed by atoms with Crippen LogP contribution < -0.4 is 15.0 Å². The largest absolute Gasteiger partial charge is 0.495 e. The van der Waals surface area contributed by atoms with Crippen LogP contribution in [0.2, 0.25) is 0 Å². The second-order valence-corrected chi connectivity index (χ2v) is 4.62. The second kappa shape index (κ2) is 5.27. The number of ether oxygens (including phenoxy) is 1. The van der Waals surface area contributed by atoms with Gasteiger partial charge in [0.15, 0.2) is 0 Å². The van der Waals surface area contributed by atoms with E-state index in [4.69, 9.17) is 4.74 Å². The number of halogens is 3. The number of benzene rings is 1. The molecule has 0 aromatic heterocycles. The van der Waals surface area contributed by atoms with Crippen LogP contribution in [0.1, 0.15) is 12.0 Å². The average Bonchev–Trinajstić information content (AvgIpc) is 2.63. The molecule has 1 atom stereocenters. The van der Waals surface area contributed by atoms with Crippen molar-refractivity contribution in [2.75, 3.05) is 12.0 Å². The Hall–Kier alpha value is -2.25. The first-order chi connectivity index (χ1) is 9.74. The smallest absolute Gasteiger partial charge is 0.391 e. The predicted octanol–water partition coefficient (Wildman–Crippen LogP) is 2.38. The highest BCUT2D eigenvalue weighted by Gasteiger charge is 2.46. The summed E-state index contributed by atoms with van der Waals surface area (Å²) < 4.78 is 42.3. The van der Waals surface area contributed by atoms with Gasteiger partial charge in [-0.1, -0.05) is 12.1 Å². The first-order valence-corrected chi connectivity index (χ1v) is 6.09. The lowest BCUT2D eigenvalue weighted by Crippen LogP contribution is -2.35. The van der Waals surface area contributed by atoms with Gasteiger partial charge in [-0.05, 0) is 18.6 Å². The number of nitrogens with one attached hydrogen (secondary N) is 1. The summed E-state index contributed by atoms with van der Waals surface area (Å²) in [4.78, 5) is 24.7. The van der Waals surface area contributed by atoms with Crippen molar-refractivity contribution in [1.82, 2.24) is 5.32 Å². The number of aryl methyl sites for hydroxylation is 1. The third-order valence-corrected chi connectivity index (χ3v) is 3.10. The molecular formula is C13H13F3N2O3. The number of carbonyl (C=O) groups is 2. The number of urea groups is 1. The maximum Gasteiger partial charge on any atom is 0.391 e. The zero-order valence-corrected chi connectivity index (χ0v) is 11.3. The summed E-state index contributed by atoms with van der Waals surface area (Å²) in [7, 11) is 1.35. The molecule has 21 heavy (non-hydrogen) atoms. The number of para-hydroxylation sites is 1. The number of hydrogen-bond acceptors (Lipinski definition) is 3. The zero-order valence-electron chi connectivity index (χ0n) is 11.3. The van der Waals surface area contributed by atoms with Crippen LogP contribution in [0.3, 0.4) is 0 Å². The first kappa shape index (κ1) is 15.1. The van der Waals surface area contributed by atoms with Crippen LogP contribution in [-0.4, -0.2) is 31.3 Å². The summed E-state index contributed by atoms with van der Waals surface area (Å²) in [5.74, 6) is -0.698. The molecule has 1 saturated heterocycles. The number of hydrogen-bond donors (Lipinski definition) is 1. The van der Waals surface area contributed by atoms with E-state index < -0.39 is 30.6 Å². The maximum atomic E-state index is 12.4. The van der Waals surface area contributed by atoms with Gasteiger partial charge in [0.25, 0.3) is 5.91 Å². The minimum Gasteiger partial charge on any atom is -0.495 e. The normalized spacial score (nSPS) is 18.9. The predicted molar refractivity (Wildman–Crippen MR) is 68.2 cm³/mol. The molecule has 5 nitrogen and oxygen atoms in total. The van der Waals surface area contributed by atoms with E-state index in [-0.39, 0.29) is 11.4 Å². The van der Waals surface area contributed by atoms with E-state index in [2.05, 4.69) is 0 Å². The van der Waals surface area contributed by atoms with Crippen LogP contribution in [0.4, 0.5) is 23.7 Å². The van der Waals surface area contributed by atoms with E-state index in [1.54, 1.807) is 19.1 Å². The van der Waals surface area contributed by atoms with Gasteiger partial charge in [-0.3, -0.25) is 4.79 Å². The lowest BCUT2D eigenvalue weighted by molar-refractivity contribution is -0.145. The minimum absolute atomic E-state index is 0.159. The van der Waals surface area contributed by atoms with E-state index in [1.165, 1.54) is 13.2 Å². The van der Waals surface area contributed by atoms with Gasteiger partial charge >= 0.3 is 12.2 Å². The molecule has 0 saturated carbocycles. The standard InChI is InChI=1S/C13H13F3N2O3/c1-7-4-3-5-9(21-2)10(7)18-11(19)8(17-12(18)20)6-13(14,15)16/h3-5,8H,6H2,1-2H3,(H,17,20). The van der Waals surface area contributed by atoms with Crippen molar-refractivity contribution < 1.29 is 27.5 Å². The highest BCUT2D eigenvalue weighted by molar-refractivity contribution is 6.22. The van der Waals surface area contributed by atoms with Gasteiger partial charge in [0.05, 0.1) is 19.2 Å². The van der Waals surface area contributed by atoms with Crippen LogP contribution in [0.5, 0.6) is 5.75 Å². The van der Waals surface area contributed by atoms with Gasteiger partial charge in [0, 0.05) is 0 Å². The SMILES string of the molecule is COc1cccc(C)c1N1C(=O)NC(CC(F)(F)F)C1=O. The van der Waals surface area contributed by atoms with Crippen molar-refractivity contribution in [1.29, 1.82) is 0 Å². The fourth-order valence-electron chi connectivity index (χ4n) is 2.20. The number of nitrogens with zero attached hydrogens (tertiary/aromatic N) is 1. The molecule has 1 unspecified atom stereocenters. The Morgan fingerprint density at radius 2 is 2.00 bits per heavy atom. The quantitative estimate of drug-likeness (QED) is 0.872. The van der Waals surface area contributed by atoms with Crippen molar-refractivity contribution in [3.05, 3.63) is 23.8 Å². The molecule has 1 aromatic carbocycles. The van der Waals surface area contributed by atoms with Crippen LogP contribution in [-0.2, 0) is 4.79 Å². The Kier molecular flexibility index (Phi) is 3.80. The van der Waals surface area contributed by atoms with Crippen molar-refractivity contribution in [2.45, 2.75) is 25.6 Å². The van der Waals surface area contributed by atoms with Gasteiger partial charge in [-0.2, -0.15) is 13.2 Å². The molecule has 114 valence electrons. The Bertz CT molecular complexity index is 587. The summed E-state index contributed by atoms with van der Waals surface area (Å²) in [5.41, 5.74) is 0.706. The lowest BCUT2D eigenvalue weighted by Gasteiger charge is -2.19. The zero-order chi connectivity index (χ0) is 15.8. The van der Waals surface area contributed by atoms with Gasteiger partial charge in [-0.25, -0.2) is 9.69 Å². The summed E-state index contributed by atoms with van der Waals surface area (Å²) in [5, 5.41) is 2.05. The maximum absolute atomic E-state index is 12.4. The van der Waals surface area contributed by atoms with Gasteiger partial charge in [0.1, 0.15) is 11.8 Å². The molecule has 0 spiro atoms. The van der Waals surface area contributed by atoms with E-state index in [0.29, 0.717) is 10.5 Å². The molecule has 1 aliphatic rings. The highest BCUT2D eigenvalue weighted by atomic mass is 19.4. The van der Waals surface area contributed by atoms with Crippen LogP contribution in [0, 0.1) is 6.92 Å². The molecule has 8 heteroatoms. The average molecular weight is 302 g/mol. The van der Waals surface area contributed by atoms with Crippen molar-refractivity contribution in [3.8, 4) is 5.75 Å². The number of alkyl halides is 3. The Morgan fingerprint density at radius 1 is 1.33 bits per heavy atom. The number of carbonyl (C=O) groups excluding carboxylic acids is 2. The molecule has 0 aliphatic carbocycles. The topological polar surface area (TPSA) is 58.6 Å². The molecule has 0 bridgehead atoms. The number of methoxy groups -OCH3 is 1. The fraction of sp³-hybridized carbons (Fsp3) is 0.385. The Balaban J connectivity index is 2.38. The molecular weight excluding hydrogens is 289 g/mol. The van der Waals surface area contributed by atoms with Crippen LogP contribution >= 0.6 is 0 Å². The van der Waals surface area contributed by atoms with Crippen LogP contribution in [0.15, 0.2) is 18.2 Å². The first-order valence-electron chi connectivity index (χ1n) is 6.09. The molecule has 1 aliphatic heterocycles. The molecule has 1 fully saturated rings. The van der Waals surface area contributed by atoms with Gasteiger partial charge in [0.2, 0.25) is 0 Å². The van der Waals surface area contributed by atoms with Crippen molar-refractivity contribution in [2.24, 2.45) is 0 Å². The second-order valence-electron chi connectivity index (χ2n) is 4.62. The minimum atomic E-state index is -4.54. The molecule has 1 heterocycles. The van der Waals surface area contributed by atoms with Crippen molar-refractivity contribution >= 4 is 17.6 Å². The number of rotatable bonds is 3. The summed E-state index contributed by atoms with van der Waals surface area (Å²) in [6.07, 6.45) is -5.94. The highest BCUT2D eigenvalue weighted by Crippen LogP contribution is 2.35. The molecule has 1 N–H and O–H groups in total. The van der Waals surface area contributed by atoms with Crippen LogP contribution in [0.25, 0.3) is 0 Å². The van der Waals surface area contributed by atoms with Gasteiger partial charge < -0.3 is 10.1 Å². The number of imide groups is 1. The summed E-state index contributed by atoms with van der Waals surface area (Å²) in [6.45, 7) is 1.63. The third-order valence-electron chi connectivity index (χ3n) is 3.10. The fourth-order valence-corrected chi connectivity index (χ4v) is 2.20.